The molecule has 0 aliphatic carbocycles. The van der Waals surface area contributed by atoms with Gasteiger partial charge in [0.15, 0.2) is 6.10 Å². The van der Waals surface area contributed by atoms with Crippen molar-refractivity contribution in [1.82, 2.24) is 9.80 Å². The molecule has 1 aliphatic rings. The van der Waals surface area contributed by atoms with Gasteiger partial charge in [-0.15, -0.1) is 0 Å². The molecule has 1 saturated heterocycles. The van der Waals surface area contributed by atoms with E-state index >= 15 is 0 Å². The highest BCUT2D eigenvalue weighted by molar-refractivity contribution is 5.84. The molecule has 0 aromatic heterocycles. The highest BCUT2D eigenvalue weighted by Crippen LogP contribution is 2.22. The van der Waals surface area contributed by atoms with Crippen LogP contribution >= 0.6 is 0 Å². The SMILES string of the molecule is CC[C@@H](Oc1ccc2ccccc2c1)C(=O)N1CCN(C)CC1. The van der Waals surface area contributed by atoms with Crippen LogP contribution in [-0.4, -0.2) is 55.0 Å². The van der Waals surface area contributed by atoms with E-state index in [2.05, 4.69) is 24.1 Å². The Morgan fingerprint density at radius 2 is 1.78 bits per heavy atom. The van der Waals surface area contributed by atoms with Gasteiger partial charge in [0.2, 0.25) is 0 Å². The maximum absolute atomic E-state index is 12.7. The largest absolute Gasteiger partial charge is 0.481 e. The van der Waals surface area contributed by atoms with Gasteiger partial charge in [-0.2, -0.15) is 0 Å². The lowest BCUT2D eigenvalue weighted by Crippen LogP contribution is -2.51. The Hall–Kier alpha value is -2.07. The fourth-order valence-electron chi connectivity index (χ4n) is 2.94. The van der Waals surface area contributed by atoms with Crippen molar-refractivity contribution in [3.63, 3.8) is 0 Å². The molecular formula is C19H24N2O2. The minimum absolute atomic E-state index is 0.105. The molecule has 1 aliphatic heterocycles. The number of hydrogen-bond acceptors (Lipinski definition) is 3. The van der Waals surface area contributed by atoms with E-state index in [-0.39, 0.29) is 5.91 Å². The van der Waals surface area contributed by atoms with Crippen LogP contribution in [-0.2, 0) is 4.79 Å². The highest BCUT2D eigenvalue weighted by Gasteiger charge is 2.26. The summed E-state index contributed by atoms with van der Waals surface area (Å²) in [5.41, 5.74) is 0. The van der Waals surface area contributed by atoms with Crippen LogP contribution in [0.2, 0.25) is 0 Å². The van der Waals surface area contributed by atoms with Gasteiger partial charge >= 0.3 is 0 Å². The third-order valence-corrected chi connectivity index (χ3v) is 4.46. The first-order valence-electron chi connectivity index (χ1n) is 8.30. The number of ether oxygens (including phenoxy) is 1. The molecule has 4 heteroatoms. The van der Waals surface area contributed by atoms with E-state index in [1.54, 1.807) is 0 Å². The van der Waals surface area contributed by atoms with Crippen molar-refractivity contribution in [3.05, 3.63) is 42.5 Å². The zero-order valence-electron chi connectivity index (χ0n) is 13.9. The Bertz CT molecular complexity index is 678. The first-order chi connectivity index (χ1) is 11.2. The summed E-state index contributed by atoms with van der Waals surface area (Å²) in [6.07, 6.45) is 0.275. The number of benzene rings is 2. The van der Waals surface area contributed by atoms with E-state index in [4.69, 9.17) is 4.74 Å². The number of piperazine rings is 1. The second kappa shape index (κ2) is 7.01. The Labute approximate surface area is 137 Å². The number of hydrogen-bond donors (Lipinski definition) is 0. The second-order valence-corrected chi connectivity index (χ2v) is 6.15. The zero-order valence-corrected chi connectivity index (χ0v) is 13.9. The molecule has 1 fully saturated rings. The molecule has 23 heavy (non-hydrogen) atoms. The smallest absolute Gasteiger partial charge is 0.263 e. The summed E-state index contributed by atoms with van der Waals surface area (Å²) in [6, 6.07) is 14.2. The Morgan fingerprint density at radius 3 is 2.48 bits per heavy atom. The number of fused-ring (bicyclic) bond motifs is 1. The molecule has 0 N–H and O–H groups in total. The lowest BCUT2D eigenvalue weighted by Gasteiger charge is -2.34. The van der Waals surface area contributed by atoms with Gasteiger partial charge in [-0.3, -0.25) is 4.79 Å². The van der Waals surface area contributed by atoms with E-state index in [1.165, 1.54) is 5.39 Å². The predicted molar refractivity (Wildman–Crippen MR) is 92.7 cm³/mol. The van der Waals surface area contributed by atoms with Crippen LogP contribution in [0.15, 0.2) is 42.5 Å². The van der Waals surface area contributed by atoms with Crippen molar-refractivity contribution >= 4 is 16.7 Å². The zero-order chi connectivity index (χ0) is 16.2. The molecule has 3 rings (SSSR count). The molecule has 2 aromatic rings. The Kier molecular flexibility index (Phi) is 4.82. The van der Waals surface area contributed by atoms with Crippen molar-refractivity contribution < 1.29 is 9.53 Å². The minimum atomic E-state index is -0.403. The normalized spacial score (nSPS) is 17.2. The van der Waals surface area contributed by atoms with Gasteiger partial charge in [0.1, 0.15) is 5.75 Å². The van der Waals surface area contributed by atoms with Gasteiger partial charge in [-0.05, 0) is 36.4 Å². The summed E-state index contributed by atoms with van der Waals surface area (Å²) in [7, 11) is 2.09. The van der Waals surface area contributed by atoms with Crippen molar-refractivity contribution in [1.29, 1.82) is 0 Å². The van der Waals surface area contributed by atoms with Gasteiger partial charge in [-0.25, -0.2) is 0 Å². The lowest BCUT2D eigenvalue weighted by atomic mass is 10.1. The number of nitrogens with zero attached hydrogens (tertiary/aromatic N) is 2. The van der Waals surface area contributed by atoms with Crippen molar-refractivity contribution in [2.45, 2.75) is 19.4 Å². The van der Waals surface area contributed by atoms with Crippen molar-refractivity contribution in [2.24, 2.45) is 0 Å². The molecule has 1 atom stereocenters. The number of carbonyl (C=O) groups excluding carboxylic acids is 1. The van der Waals surface area contributed by atoms with Gasteiger partial charge in [-0.1, -0.05) is 37.3 Å². The standard InChI is InChI=1S/C19H24N2O2/c1-3-18(19(22)21-12-10-20(2)11-13-21)23-17-9-8-15-6-4-5-7-16(15)14-17/h4-9,14,18H,3,10-13H2,1-2H3/t18-/m1/s1. The number of likely N-dealkylation sites (N-methyl/N-ethyl adjacent to an activating group) is 1. The predicted octanol–water partition coefficient (Wildman–Crippen LogP) is 2.77. The van der Waals surface area contributed by atoms with Gasteiger partial charge < -0.3 is 14.5 Å². The molecule has 0 spiro atoms. The third kappa shape index (κ3) is 3.64. The number of amides is 1. The van der Waals surface area contributed by atoms with Crippen LogP contribution in [0.1, 0.15) is 13.3 Å². The van der Waals surface area contributed by atoms with Crippen molar-refractivity contribution in [3.8, 4) is 5.75 Å². The van der Waals surface area contributed by atoms with E-state index in [0.717, 1.165) is 37.3 Å². The molecule has 4 nitrogen and oxygen atoms in total. The summed E-state index contributed by atoms with van der Waals surface area (Å²) < 4.78 is 6.01. The first-order valence-corrected chi connectivity index (χ1v) is 8.30. The van der Waals surface area contributed by atoms with Crippen LogP contribution in [0.5, 0.6) is 5.75 Å². The van der Waals surface area contributed by atoms with Gasteiger partial charge in [0, 0.05) is 26.2 Å². The van der Waals surface area contributed by atoms with E-state index in [1.807, 2.05) is 42.2 Å². The monoisotopic (exact) mass is 312 g/mol. The molecule has 122 valence electrons. The maximum Gasteiger partial charge on any atom is 0.263 e. The summed E-state index contributed by atoms with van der Waals surface area (Å²) in [5.74, 6) is 0.867. The molecule has 0 bridgehead atoms. The molecule has 2 aromatic carbocycles. The average Bonchev–Trinajstić information content (AvgIpc) is 2.59. The first kappa shape index (κ1) is 15.8. The van der Waals surface area contributed by atoms with Crippen LogP contribution in [0, 0.1) is 0 Å². The van der Waals surface area contributed by atoms with Gasteiger partial charge in [0.05, 0.1) is 0 Å². The quantitative estimate of drug-likeness (QED) is 0.870. The highest BCUT2D eigenvalue weighted by atomic mass is 16.5. The topological polar surface area (TPSA) is 32.8 Å². The van der Waals surface area contributed by atoms with Crippen molar-refractivity contribution in [2.75, 3.05) is 33.2 Å². The van der Waals surface area contributed by atoms with E-state index in [0.29, 0.717) is 6.42 Å². The summed E-state index contributed by atoms with van der Waals surface area (Å²) >= 11 is 0. The molecule has 0 radical (unpaired) electrons. The molecule has 0 saturated carbocycles. The van der Waals surface area contributed by atoms with E-state index in [9.17, 15) is 4.79 Å². The van der Waals surface area contributed by atoms with Crippen LogP contribution < -0.4 is 4.74 Å². The second-order valence-electron chi connectivity index (χ2n) is 6.15. The van der Waals surface area contributed by atoms with Crippen LogP contribution in [0.3, 0.4) is 0 Å². The molecule has 1 heterocycles. The molecule has 1 amide bonds. The average molecular weight is 312 g/mol. The Balaban J connectivity index is 1.71. The number of rotatable bonds is 4. The summed E-state index contributed by atoms with van der Waals surface area (Å²) in [4.78, 5) is 16.9. The Morgan fingerprint density at radius 1 is 1.09 bits per heavy atom. The lowest BCUT2D eigenvalue weighted by molar-refractivity contribution is -0.140. The third-order valence-electron chi connectivity index (χ3n) is 4.46. The number of carbonyl (C=O) groups is 1. The van der Waals surface area contributed by atoms with Crippen LogP contribution in [0.4, 0.5) is 0 Å². The summed E-state index contributed by atoms with van der Waals surface area (Å²) in [6.45, 7) is 5.43. The minimum Gasteiger partial charge on any atom is -0.481 e. The van der Waals surface area contributed by atoms with Gasteiger partial charge in [0.25, 0.3) is 5.91 Å². The fourth-order valence-corrected chi connectivity index (χ4v) is 2.94. The maximum atomic E-state index is 12.7. The molecular weight excluding hydrogens is 288 g/mol. The summed E-state index contributed by atoms with van der Waals surface area (Å²) in [5, 5.41) is 2.31. The van der Waals surface area contributed by atoms with Crippen LogP contribution in [0.25, 0.3) is 10.8 Å². The van der Waals surface area contributed by atoms with E-state index < -0.39 is 6.10 Å². The molecule has 0 unspecified atom stereocenters. The fraction of sp³-hybridized carbons (Fsp3) is 0.421.